The van der Waals surface area contributed by atoms with E-state index in [9.17, 15) is 0 Å². The number of pyridine rings is 1. The lowest BCUT2D eigenvalue weighted by Gasteiger charge is -2.29. The molecule has 5 heteroatoms. The first-order valence-corrected chi connectivity index (χ1v) is 6.74. The Morgan fingerprint density at radius 3 is 2.55 bits per heavy atom. The van der Waals surface area contributed by atoms with Crippen molar-refractivity contribution in [2.24, 2.45) is 5.73 Å². The number of hydrogen-bond acceptors (Lipinski definition) is 3. The Bertz CT molecular complexity index is 620. The monoisotopic (exact) mass is 290 g/mol. The van der Waals surface area contributed by atoms with Crippen molar-refractivity contribution in [1.82, 2.24) is 4.98 Å². The second-order valence-electron chi connectivity index (χ2n) is 5.03. The fraction of sp³-hybridized carbons (Fsp3) is 0.333. The van der Waals surface area contributed by atoms with E-state index in [2.05, 4.69) is 22.0 Å². The maximum absolute atomic E-state index is 7.42. The van der Waals surface area contributed by atoms with Gasteiger partial charge in [-0.25, -0.2) is 4.98 Å². The SMILES string of the molecule is Cl.N=C(N)c1ccc2cc(N3CCCCC3)ccc2n1. The highest BCUT2D eigenvalue weighted by atomic mass is 35.5. The molecule has 4 nitrogen and oxygen atoms in total. The van der Waals surface area contributed by atoms with Crippen LogP contribution < -0.4 is 10.6 Å². The Morgan fingerprint density at radius 1 is 1.10 bits per heavy atom. The van der Waals surface area contributed by atoms with Crippen LogP contribution >= 0.6 is 12.4 Å². The zero-order chi connectivity index (χ0) is 13.2. The van der Waals surface area contributed by atoms with Crippen LogP contribution in [-0.4, -0.2) is 23.9 Å². The second kappa shape index (κ2) is 6.09. The average Bonchev–Trinajstić information content (AvgIpc) is 2.47. The van der Waals surface area contributed by atoms with Crippen LogP contribution in [0, 0.1) is 5.41 Å². The number of aromatic nitrogens is 1. The predicted octanol–water partition coefficient (Wildman–Crippen LogP) is 2.93. The van der Waals surface area contributed by atoms with Gasteiger partial charge in [0, 0.05) is 24.2 Å². The van der Waals surface area contributed by atoms with Crippen LogP contribution in [0.1, 0.15) is 25.0 Å². The molecular weight excluding hydrogens is 272 g/mol. The summed E-state index contributed by atoms with van der Waals surface area (Å²) in [5.74, 6) is 0.0157. The number of amidine groups is 1. The van der Waals surface area contributed by atoms with Gasteiger partial charge in [-0.05, 0) is 43.5 Å². The summed E-state index contributed by atoms with van der Waals surface area (Å²) in [7, 11) is 0. The molecule has 0 atom stereocenters. The molecule has 0 radical (unpaired) electrons. The molecule has 2 heterocycles. The van der Waals surface area contributed by atoms with Gasteiger partial charge in [0.1, 0.15) is 11.5 Å². The third-order valence-electron chi connectivity index (χ3n) is 3.67. The maximum Gasteiger partial charge on any atom is 0.141 e. The van der Waals surface area contributed by atoms with Crippen molar-refractivity contribution in [2.45, 2.75) is 19.3 Å². The number of nitrogen functional groups attached to an aromatic ring is 1. The summed E-state index contributed by atoms with van der Waals surface area (Å²) in [6, 6.07) is 10.1. The molecule has 0 unspecified atom stereocenters. The molecule has 1 fully saturated rings. The van der Waals surface area contributed by atoms with Crippen LogP contribution in [0.3, 0.4) is 0 Å². The van der Waals surface area contributed by atoms with E-state index in [1.54, 1.807) is 0 Å². The Labute approximate surface area is 124 Å². The van der Waals surface area contributed by atoms with Gasteiger partial charge in [-0.15, -0.1) is 12.4 Å². The fourth-order valence-electron chi connectivity index (χ4n) is 2.61. The van der Waals surface area contributed by atoms with Crippen molar-refractivity contribution in [1.29, 1.82) is 5.41 Å². The maximum atomic E-state index is 7.42. The van der Waals surface area contributed by atoms with Crippen LogP contribution in [-0.2, 0) is 0 Å². The van der Waals surface area contributed by atoms with Crippen molar-refractivity contribution in [2.75, 3.05) is 18.0 Å². The quantitative estimate of drug-likeness (QED) is 0.660. The van der Waals surface area contributed by atoms with Gasteiger partial charge >= 0.3 is 0 Å². The third kappa shape index (κ3) is 2.85. The molecule has 0 aliphatic carbocycles. The Morgan fingerprint density at radius 2 is 1.85 bits per heavy atom. The number of nitrogens with one attached hydrogen (secondary N) is 1. The number of rotatable bonds is 2. The van der Waals surface area contributed by atoms with Crippen LogP contribution in [0.4, 0.5) is 5.69 Å². The zero-order valence-electron chi connectivity index (χ0n) is 11.3. The largest absolute Gasteiger partial charge is 0.382 e. The zero-order valence-corrected chi connectivity index (χ0v) is 12.1. The highest BCUT2D eigenvalue weighted by Gasteiger charge is 2.11. The number of nitrogens with two attached hydrogens (primary N) is 1. The number of piperidine rings is 1. The minimum absolute atomic E-state index is 0. The molecule has 3 N–H and O–H groups in total. The molecule has 0 spiro atoms. The number of benzene rings is 1. The van der Waals surface area contributed by atoms with Crippen molar-refractivity contribution in [3.05, 3.63) is 36.0 Å². The highest BCUT2D eigenvalue weighted by Crippen LogP contribution is 2.24. The molecule has 106 valence electrons. The van der Waals surface area contributed by atoms with E-state index < -0.39 is 0 Å². The van der Waals surface area contributed by atoms with Crippen molar-refractivity contribution in [3.8, 4) is 0 Å². The molecule has 0 saturated carbocycles. The van der Waals surface area contributed by atoms with Crippen LogP contribution in [0.15, 0.2) is 30.3 Å². The summed E-state index contributed by atoms with van der Waals surface area (Å²) in [5, 5.41) is 8.52. The molecule has 1 aromatic heterocycles. The molecule has 3 rings (SSSR count). The van der Waals surface area contributed by atoms with Gasteiger partial charge in [0.05, 0.1) is 5.52 Å². The molecule has 1 aliphatic rings. The Balaban J connectivity index is 0.00000147. The van der Waals surface area contributed by atoms with Gasteiger partial charge in [-0.3, -0.25) is 5.41 Å². The Hall–Kier alpha value is -1.81. The van der Waals surface area contributed by atoms with Crippen molar-refractivity contribution >= 4 is 34.8 Å². The molecule has 0 bridgehead atoms. The molecule has 1 saturated heterocycles. The first-order chi connectivity index (χ1) is 9.24. The van der Waals surface area contributed by atoms with E-state index >= 15 is 0 Å². The lowest BCUT2D eigenvalue weighted by molar-refractivity contribution is 0.578. The van der Waals surface area contributed by atoms with Gasteiger partial charge in [0.25, 0.3) is 0 Å². The van der Waals surface area contributed by atoms with Gasteiger partial charge in [0.2, 0.25) is 0 Å². The van der Waals surface area contributed by atoms with Crippen LogP contribution in [0.25, 0.3) is 10.9 Å². The van der Waals surface area contributed by atoms with E-state index in [0.717, 1.165) is 24.0 Å². The highest BCUT2D eigenvalue weighted by molar-refractivity contribution is 5.95. The van der Waals surface area contributed by atoms with Gasteiger partial charge in [-0.1, -0.05) is 6.07 Å². The summed E-state index contributed by atoms with van der Waals surface area (Å²) in [6.07, 6.45) is 3.90. The lowest BCUT2D eigenvalue weighted by Crippen LogP contribution is -2.29. The topological polar surface area (TPSA) is 66.0 Å². The van der Waals surface area contributed by atoms with Crippen molar-refractivity contribution in [3.63, 3.8) is 0 Å². The first kappa shape index (κ1) is 14.6. The van der Waals surface area contributed by atoms with E-state index in [1.165, 1.54) is 24.9 Å². The van der Waals surface area contributed by atoms with Gasteiger partial charge < -0.3 is 10.6 Å². The normalized spacial score (nSPS) is 14.9. The number of anilines is 1. The summed E-state index contributed by atoms with van der Waals surface area (Å²) in [4.78, 5) is 6.83. The fourth-order valence-corrected chi connectivity index (χ4v) is 2.61. The van der Waals surface area contributed by atoms with E-state index in [1.807, 2.05) is 18.2 Å². The number of hydrogen-bond donors (Lipinski definition) is 2. The second-order valence-corrected chi connectivity index (χ2v) is 5.03. The lowest BCUT2D eigenvalue weighted by atomic mass is 10.1. The minimum atomic E-state index is 0. The summed E-state index contributed by atoms with van der Waals surface area (Å²) >= 11 is 0. The molecule has 1 aliphatic heterocycles. The summed E-state index contributed by atoms with van der Waals surface area (Å²) < 4.78 is 0. The number of halogens is 1. The van der Waals surface area contributed by atoms with Crippen LogP contribution in [0.2, 0.25) is 0 Å². The van der Waals surface area contributed by atoms with Gasteiger partial charge in [-0.2, -0.15) is 0 Å². The predicted molar refractivity (Wildman–Crippen MR) is 86.1 cm³/mol. The van der Waals surface area contributed by atoms with Crippen LogP contribution in [0.5, 0.6) is 0 Å². The molecule has 20 heavy (non-hydrogen) atoms. The third-order valence-corrected chi connectivity index (χ3v) is 3.67. The standard InChI is InChI=1S/C15H18N4.ClH/c16-15(17)14-6-4-11-10-12(5-7-13(11)18-14)19-8-2-1-3-9-19;/h4-7,10H,1-3,8-9H2,(H3,16,17);1H. The molecule has 1 aromatic carbocycles. The van der Waals surface area contributed by atoms with Gasteiger partial charge in [0.15, 0.2) is 0 Å². The number of nitrogens with zero attached hydrogens (tertiary/aromatic N) is 2. The van der Waals surface area contributed by atoms with E-state index in [-0.39, 0.29) is 18.2 Å². The van der Waals surface area contributed by atoms with E-state index in [4.69, 9.17) is 11.1 Å². The smallest absolute Gasteiger partial charge is 0.141 e. The molecule has 0 amide bonds. The minimum Gasteiger partial charge on any atom is -0.382 e. The number of fused-ring (bicyclic) bond motifs is 1. The summed E-state index contributed by atoms with van der Waals surface area (Å²) in [5.41, 5.74) is 8.17. The summed E-state index contributed by atoms with van der Waals surface area (Å²) in [6.45, 7) is 2.29. The Kier molecular flexibility index (Phi) is 4.45. The van der Waals surface area contributed by atoms with E-state index in [0.29, 0.717) is 5.69 Å². The van der Waals surface area contributed by atoms with Crippen molar-refractivity contribution < 1.29 is 0 Å². The molecular formula is C15H19ClN4. The molecule has 2 aromatic rings. The average molecular weight is 291 g/mol. The first-order valence-electron chi connectivity index (χ1n) is 6.74.